The Hall–Kier alpha value is -2.13. The Bertz CT molecular complexity index is 463. The van der Waals surface area contributed by atoms with Crippen LogP contribution >= 0.6 is 0 Å². The number of amides is 1. The minimum atomic E-state index is -1.08. The molecule has 0 spiro atoms. The summed E-state index contributed by atoms with van der Waals surface area (Å²) in [5.41, 5.74) is -0.555. The first-order chi connectivity index (χ1) is 8.99. The van der Waals surface area contributed by atoms with Crippen LogP contribution in [0.4, 0.5) is 5.69 Å². The van der Waals surface area contributed by atoms with Crippen molar-refractivity contribution in [3.63, 3.8) is 0 Å². The normalized spacial score (nSPS) is 10.6. The van der Waals surface area contributed by atoms with Gasteiger partial charge in [0, 0.05) is 13.2 Å². The monoisotopic (exact) mass is 263 g/mol. The highest BCUT2D eigenvalue weighted by Gasteiger charge is 2.27. The quantitative estimate of drug-likeness (QED) is 0.788. The highest BCUT2D eigenvalue weighted by molar-refractivity contribution is 5.96. The van der Waals surface area contributed by atoms with E-state index in [0.29, 0.717) is 24.8 Å². The molecule has 1 aromatic heterocycles. The second kappa shape index (κ2) is 6.71. The molecule has 1 heterocycles. The second-order valence-corrected chi connectivity index (χ2v) is 4.42. The lowest BCUT2D eigenvalue weighted by Gasteiger charge is -2.14. The number of hydrogen-bond acceptors (Lipinski definition) is 5. The van der Waals surface area contributed by atoms with E-state index in [1.54, 1.807) is 33.1 Å². The summed E-state index contributed by atoms with van der Waals surface area (Å²) in [5.74, 6) is 0.0828. The SMILES string of the molecule is COCCOc1ccc(NC(=O)C(C)(C)C#N)cn1. The molecule has 0 radical (unpaired) electrons. The maximum absolute atomic E-state index is 11.8. The first kappa shape index (κ1) is 14.9. The molecule has 1 N–H and O–H groups in total. The molecule has 0 aliphatic heterocycles. The molecule has 102 valence electrons. The molecule has 0 saturated carbocycles. The van der Waals surface area contributed by atoms with Crippen molar-refractivity contribution in [1.29, 1.82) is 5.26 Å². The van der Waals surface area contributed by atoms with Gasteiger partial charge in [-0.1, -0.05) is 0 Å². The van der Waals surface area contributed by atoms with E-state index in [1.165, 1.54) is 6.20 Å². The first-order valence-corrected chi connectivity index (χ1v) is 5.80. The number of nitriles is 1. The van der Waals surface area contributed by atoms with Gasteiger partial charge >= 0.3 is 0 Å². The highest BCUT2D eigenvalue weighted by Crippen LogP contribution is 2.18. The molecule has 19 heavy (non-hydrogen) atoms. The predicted octanol–water partition coefficient (Wildman–Crippen LogP) is 1.60. The van der Waals surface area contributed by atoms with Crippen molar-refractivity contribution in [2.75, 3.05) is 25.6 Å². The minimum Gasteiger partial charge on any atom is -0.475 e. The smallest absolute Gasteiger partial charge is 0.244 e. The summed E-state index contributed by atoms with van der Waals surface area (Å²) >= 11 is 0. The molecule has 0 saturated heterocycles. The molecule has 0 atom stereocenters. The van der Waals surface area contributed by atoms with Gasteiger partial charge in [-0.3, -0.25) is 4.79 Å². The Morgan fingerprint density at radius 2 is 2.21 bits per heavy atom. The summed E-state index contributed by atoms with van der Waals surface area (Å²) in [6.07, 6.45) is 1.48. The van der Waals surface area contributed by atoms with Crippen molar-refractivity contribution in [3.8, 4) is 11.9 Å². The molecule has 1 aromatic rings. The lowest BCUT2D eigenvalue weighted by molar-refractivity contribution is -0.121. The number of nitrogens with one attached hydrogen (secondary N) is 1. The first-order valence-electron chi connectivity index (χ1n) is 5.80. The summed E-state index contributed by atoms with van der Waals surface area (Å²) in [7, 11) is 1.59. The summed E-state index contributed by atoms with van der Waals surface area (Å²) < 4.78 is 10.1. The van der Waals surface area contributed by atoms with Crippen molar-refractivity contribution < 1.29 is 14.3 Å². The number of ether oxygens (including phenoxy) is 2. The van der Waals surface area contributed by atoms with Gasteiger partial charge in [-0.15, -0.1) is 0 Å². The molecule has 0 bridgehead atoms. The number of nitrogens with zero attached hydrogens (tertiary/aromatic N) is 2. The molecule has 0 aliphatic carbocycles. The van der Waals surface area contributed by atoms with Crippen molar-refractivity contribution in [1.82, 2.24) is 4.98 Å². The van der Waals surface area contributed by atoms with Crippen LogP contribution in [0.3, 0.4) is 0 Å². The van der Waals surface area contributed by atoms with Crippen LogP contribution in [0, 0.1) is 16.7 Å². The molecule has 0 unspecified atom stereocenters. The third-order valence-electron chi connectivity index (χ3n) is 2.38. The zero-order chi connectivity index (χ0) is 14.3. The van der Waals surface area contributed by atoms with Gasteiger partial charge in [-0.2, -0.15) is 5.26 Å². The standard InChI is InChI=1S/C13H17N3O3/c1-13(2,9-14)12(17)16-10-4-5-11(15-8-10)19-7-6-18-3/h4-5,8H,6-7H2,1-3H3,(H,16,17). The van der Waals surface area contributed by atoms with E-state index in [1.807, 2.05) is 6.07 Å². The van der Waals surface area contributed by atoms with Gasteiger partial charge in [-0.05, 0) is 19.9 Å². The van der Waals surface area contributed by atoms with E-state index in [-0.39, 0.29) is 5.91 Å². The topological polar surface area (TPSA) is 84.2 Å². The Labute approximate surface area is 112 Å². The number of pyridine rings is 1. The average Bonchev–Trinajstić information content (AvgIpc) is 2.41. The number of rotatable bonds is 6. The van der Waals surface area contributed by atoms with Crippen LogP contribution in [0.1, 0.15) is 13.8 Å². The van der Waals surface area contributed by atoms with E-state index in [4.69, 9.17) is 14.7 Å². The van der Waals surface area contributed by atoms with Crippen LogP contribution in [0.15, 0.2) is 18.3 Å². The molecule has 0 aliphatic rings. The largest absolute Gasteiger partial charge is 0.475 e. The van der Waals surface area contributed by atoms with E-state index in [0.717, 1.165) is 0 Å². The van der Waals surface area contributed by atoms with Crippen molar-refractivity contribution in [3.05, 3.63) is 18.3 Å². The van der Waals surface area contributed by atoms with E-state index in [2.05, 4.69) is 10.3 Å². The van der Waals surface area contributed by atoms with Gasteiger partial charge in [0.15, 0.2) is 0 Å². The van der Waals surface area contributed by atoms with Crippen molar-refractivity contribution in [2.45, 2.75) is 13.8 Å². The molecule has 6 heteroatoms. The number of carbonyl (C=O) groups is 1. The van der Waals surface area contributed by atoms with Crippen LogP contribution in [-0.4, -0.2) is 31.2 Å². The summed E-state index contributed by atoms with van der Waals surface area (Å²) in [6, 6.07) is 5.25. The lowest BCUT2D eigenvalue weighted by atomic mass is 9.95. The maximum atomic E-state index is 11.8. The van der Waals surface area contributed by atoms with Gasteiger partial charge in [0.2, 0.25) is 11.8 Å². The van der Waals surface area contributed by atoms with Crippen LogP contribution in [0.5, 0.6) is 5.88 Å². The maximum Gasteiger partial charge on any atom is 0.244 e. The summed E-state index contributed by atoms with van der Waals surface area (Å²) in [5, 5.41) is 11.5. The molecular weight excluding hydrogens is 246 g/mol. The summed E-state index contributed by atoms with van der Waals surface area (Å²) in [4.78, 5) is 15.8. The number of aromatic nitrogens is 1. The fourth-order valence-electron chi connectivity index (χ4n) is 1.11. The third kappa shape index (κ3) is 4.56. The zero-order valence-electron chi connectivity index (χ0n) is 11.3. The Morgan fingerprint density at radius 1 is 1.47 bits per heavy atom. The van der Waals surface area contributed by atoms with Gasteiger partial charge in [0.1, 0.15) is 12.0 Å². The molecule has 1 amide bonds. The van der Waals surface area contributed by atoms with E-state index in [9.17, 15) is 4.79 Å². The van der Waals surface area contributed by atoms with Crippen LogP contribution in [0.25, 0.3) is 0 Å². The van der Waals surface area contributed by atoms with Gasteiger partial charge < -0.3 is 14.8 Å². The number of carbonyl (C=O) groups excluding carboxylic acids is 1. The number of anilines is 1. The zero-order valence-corrected chi connectivity index (χ0v) is 11.3. The van der Waals surface area contributed by atoms with E-state index >= 15 is 0 Å². The second-order valence-electron chi connectivity index (χ2n) is 4.42. The fraction of sp³-hybridized carbons (Fsp3) is 0.462. The highest BCUT2D eigenvalue weighted by atomic mass is 16.5. The molecule has 0 fully saturated rings. The molecule has 6 nitrogen and oxygen atoms in total. The molecule has 1 rings (SSSR count). The Kier molecular flexibility index (Phi) is 5.27. The van der Waals surface area contributed by atoms with Gasteiger partial charge in [-0.25, -0.2) is 4.98 Å². The van der Waals surface area contributed by atoms with Crippen molar-refractivity contribution >= 4 is 11.6 Å². The minimum absolute atomic E-state index is 0.371. The molecule has 0 aromatic carbocycles. The Morgan fingerprint density at radius 3 is 2.74 bits per heavy atom. The average molecular weight is 263 g/mol. The Balaban J connectivity index is 2.58. The van der Waals surface area contributed by atoms with Crippen molar-refractivity contribution in [2.24, 2.45) is 5.41 Å². The van der Waals surface area contributed by atoms with Crippen LogP contribution in [-0.2, 0) is 9.53 Å². The van der Waals surface area contributed by atoms with Gasteiger partial charge in [0.05, 0.1) is 24.6 Å². The van der Waals surface area contributed by atoms with Gasteiger partial charge in [0.25, 0.3) is 0 Å². The van der Waals surface area contributed by atoms with E-state index < -0.39 is 5.41 Å². The number of methoxy groups -OCH3 is 1. The predicted molar refractivity (Wildman–Crippen MR) is 69.6 cm³/mol. The fourth-order valence-corrected chi connectivity index (χ4v) is 1.11. The summed E-state index contributed by atoms with van der Waals surface area (Å²) in [6.45, 7) is 4.00. The van der Waals surface area contributed by atoms with Crippen LogP contribution in [0.2, 0.25) is 0 Å². The lowest BCUT2D eigenvalue weighted by Crippen LogP contribution is -2.29. The van der Waals surface area contributed by atoms with Crippen LogP contribution < -0.4 is 10.1 Å². The number of hydrogen-bond donors (Lipinski definition) is 1. The molecular formula is C13H17N3O3. The third-order valence-corrected chi connectivity index (χ3v) is 2.38.